The van der Waals surface area contributed by atoms with E-state index in [0.29, 0.717) is 16.9 Å². The Hall–Kier alpha value is -4.32. The summed E-state index contributed by atoms with van der Waals surface area (Å²) in [5.74, 6) is -0.373. The number of fused-ring (bicyclic) bond motifs is 1. The molecule has 9 nitrogen and oxygen atoms in total. The van der Waals surface area contributed by atoms with Crippen molar-refractivity contribution in [3.8, 4) is 5.75 Å². The molecule has 4 rings (SSSR count). The van der Waals surface area contributed by atoms with E-state index in [0.717, 1.165) is 61.0 Å². The van der Waals surface area contributed by atoms with Crippen LogP contribution in [0.5, 0.6) is 5.75 Å². The van der Waals surface area contributed by atoms with Gasteiger partial charge in [0.1, 0.15) is 12.4 Å². The summed E-state index contributed by atoms with van der Waals surface area (Å²) in [7, 11) is -3.98. The van der Waals surface area contributed by atoms with Crippen LogP contribution in [0.3, 0.4) is 0 Å². The van der Waals surface area contributed by atoms with Gasteiger partial charge in [-0.05, 0) is 65.3 Å². The molecule has 0 radical (unpaired) electrons. The highest BCUT2D eigenvalue weighted by molar-refractivity contribution is 8.03. The van der Waals surface area contributed by atoms with Crippen molar-refractivity contribution in [3.05, 3.63) is 107 Å². The van der Waals surface area contributed by atoms with Crippen molar-refractivity contribution in [1.29, 1.82) is 0 Å². The third-order valence-electron chi connectivity index (χ3n) is 8.77. The second-order valence-electron chi connectivity index (χ2n) is 14.0. The van der Waals surface area contributed by atoms with E-state index in [1.807, 2.05) is 36.4 Å². The first-order valence-electron chi connectivity index (χ1n) is 18.3. The highest BCUT2D eigenvalue weighted by Gasteiger charge is 2.20. The predicted molar refractivity (Wildman–Crippen MR) is 218 cm³/mol. The smallest absolute Gasteiger partial charge is 0.342 e. The standard InChI is InChI=1S/C42H53N3O6S2/c1-6-8-25-45(26-9-7-2)37-14-10-13-36-35(37)12-11-15-39(36)53(49,50)44-29-40(46)43-24-27-51-34-22-18-31(19-23-34)28-38(41(47)48)52-30-32-16-20-33(21-17-32)42(3,4)5/h10-23,28,44H,6-9,24-27,29-30H2,1-5H3,(H,43,46)(H,47,48)/b38-28+. The van der Waals surface area contributed by atoms with Crippen molar-refractivity contribution in [3.63, 3.8) is 0 Å². The van der Waals surface area contributed by atoms with E-state index in [9.17, 15) is 23.1 Å². The Kier molecular flexibility index (Phi) is 15.4. The van der Waals surface area contributed by atoms with E-state index in [2.05, 4.69) is 61.7 Å². The molecule has 0 saturated carbocycles. The van der Waals surface area contributed by atoms with Crippen LogP contribution < -0.4 is 19.7 Å². The fourth-order valence-electron chi connectivity index (χ4n) is 5.72. The summed E-state index contributed by atoms with van der Waals surface area (Å²) in [6.07, 6.45) is 5.87. The monoisotopic (exact) mass is 759 g/mol. The number of rotatable bonds is 20. The first kappa shape index (κ1) is 41.4. The molecule has 0 unspecified atom stereocenters. The third-order valence-corrected chi connectivity index (χ3v) is 11.3. The lowest BCUT2D eigenvalue weighted by Crippen LogP contribution is -2.38. The maximum atomic E-state index is 13.4. The van der Waals surface area contributed by atoms with E-state index < -0.39 is 28.4 Å². The molecule has 0 aliphatic heterocycles. The molecule has 0 heterocycles. The van der Waals surface area contributed by atoms with Crippen LogP contribution in [0.25, 0.3) is 16.8 Å². The van der Waals surface area contributed by atoms with Gasteiger partial charge in [-0.2, -0.15) is 0 Å². The number of ether oxygens (including phenoxy) is 1. The second kappa shape index (κ2) is 19.7. The fourth-order valence-corrected chi connectivity index (χ4v) is 7.78. The number of carboxylic acids is 1. The van der Waals surface area contributed by atoms with Crippen LogP contribution in [0, 0.1) is 0 Å². The van der Waals surface area contributed by atoms with Crippen LogP contribution in [0.2, 0.25) is 0 Å². The Morgan fingerprint density at radius 1 is 0.868 bits per heavy atom. The maximum absolute atomic E-state index is 13.4. The van der Waals surface area contributed by atoms with E-state index in [1.165, 1.54) is 17.3 Å². The average molecular weight is 760 g/mol. The number of nitrogens with one attached hydrogen (secondary N) is 2. The fraction of sp³-hybridized carbons (Fsp3) is 0.381. The molecule has 0 aliphatic rings. The van der Waals surface area contributed by atoms with Gasteiger partial charge in [-0.3, -0.25) is 4.79 Å². The van der Waals surface area contributed by atoms with Crippen LogP contribution in [0.1, 0.15) is 77.0 Å². The SMILES string of the molecule is CCCCN(CCCC)c1cccc2c(S(=O)(=O)NCC(=O)NCCOc3ccc(/C=C(/SCc4ccc(C(C)(C)C)cc4)C(=O)O)cc3)cccc12. The number of carbonyl (C=O) groups excluding carboxylic acids is 1. The number of carbonyl (C=O) groups is 2. The minimum Gasteiger partial charge on any atom is -0.492 e. The van der Waals surface area contributed by atoms with Gasteiger partial charge in [0.15, 0.2) is 0 Å². The van der Waals surface area contributed by atoms with Crippen LogP contribution in [-0.4, -0.2) is 58.2 Å². The minimum absolute atomic E-state index is 0.0548. The largest absolute Gasteiger partial charge is 0.492 e. The van der Waals surface area contributed by atoms with Gasteiger partial charge in [-0.1, -0.05) is 108 Å². The highest BCUT2D eigenvalue weighted by Crippen LogP contribution is 2.32. The van der Waals surface area contributed by atoms with Crippen molar-refractivity contribution in [2.75, 3.05) is 37.7 Å². The van der Waals surface area contributed by atoms with Gasteiger partial charge in [0.2, 0.25) is 15.9 Å². The molecule has 0 fully saturated rings. The summed E-state index contributed by atoms with van der Waals surface area (Å²) >= 11 is 1.27. The third kappa shape index (κ3) is 12.4. The Morgan fingerprint density at radius 2 is 1.51 bits per heavy atom. The molecule has 0 aliphatic carbocycles. The van der Waals surface area contributed by atoms with Gasteiger partial charge >= 0.3 is 5.97 Å². The lowest BCUT2D eigenvalue weighted by Gasteiger charge is -2.26. The second-order valence-corrected chi connectivity index (χ2v) is 16.7. The summed E-state index contributed by atoms with van der Waals surface area (Å²) in [4.78, 5) is 27.2. The molecule has 1 amide bonds. The molecule has 284 valence electrons. The Balaban J connectivity index is 1.27. The van der Waals surface area contributed by atoms with E-state index >= 15 is 0 Å². The van der Waals surface area contributed by atoms with Crippen molar-refractivity contribution >= 4 is 56.2 Å². The number of anilines is 1. The maximum Gasteiger partial charge on any atom is 0.342 e. The number of carboxylic acid groups (broad SMARTS) is 1. The van der Waals surface area contributed by atoms with Gasteiger partial charge in [0.05, 0.1) is 22.9 Å². The summed E-state index contributed by atoms with van der Waals surface area (Å²) in [5, 5.41) is 14.0. The molecule has 0 bridgehead atoms. The van der Waals surface area contributed by atoms with Crippen LogP contribution >= 0.6 is 11.8 Å². The Morgan fingerprint density at radius 3 is 2.13 bits per heavy atom. The summed E-state index contributed by atoms with van der Waals surface area (Å²) < 4.78 is 35.0. The number of thioether (sulfide) groups is 1. The van der Waals surface area contributed by atoms with Gasteiger partial charge in [0, 0.05) is 35.3 Å². The van der Waals surface area contributed by atoms with Gasteiger partial charge in [-0.25, -0.2) is 17.9 Å². The number of nitrogens with zero attached hydrogens (tertiary/aromatic N) is 1. The molecular formula is C42H53N3O6S2. The number of hydrogen-bond donors (Lipinski definition) is 3. The molecular weight excluding hydrogens is 707 g/mol. The number of unbranched alkanes of at least 4 members (excludes halogenated alkanes) is 2. The molecule has 11 heteroatoms. The summed E-state index contributed by atoms with van der Waals surface area (Å²) in [6.45, 7) is 12.5. The molecule has 0 aromatic heterocycles. The molecule has 0 spiro atoms. The van der Waals surface area contributed by atoms with Crippen molar-refractivity contribution in [2.24, 2.45) is 0 Å². The van der Waals surface area contributed by atoms with Gasteiger partial charge in [-0.15, -0.1) is 11.8 Å². The molecule has 0 saturated heterocycles. The zero-order valence-corrected chi connectivity index (χ0v) is 33.1. The van der Waals surface area contributed by atoms with Gasteiger partial charge < -0.3 is 20.1 Å². The number of benzene rings is 4. The topological polar surface area (TPSA) is 125 Å². The zero-order chi connectivity index (χ0) is 38.4. The average Bonchev–Trinajstić information content (AvgIpc) is 3.14. The number of sulfonamides is 1. The predicted octanol–water partition coefficient (Wildman–Crippen LogP) is 8.38. The minimum atomic E-state index is -3.98. The molecule has 53 heavy (non-hydrogen) atoms. The number of aliphatic carboxylic acids is 1. The summed E-state index contributed by atoms with van der Waals surface area (Å²) in [5.41, 5.74) is 4.07. The van der Waals surface area contributed by atoms with Gasteiger partial charge in [0.25, 0.3) is 0 Å². The van der Waals surface area contributed by atoms with Crippen LogP contribution in [0.15, 0.2) is 94.7 Å². The van der Waals surface area contributed by atoms with E-state index in [4.69, 9.17) is 4.74 Å². The lowest BCUT2D eigenvalue weighted by molar-refractivity contribution is -0.131. The normalized spacial score (nSPS) is 12.1. The van der Waals surface area contributed by atoms with Crippen molar-refractivity contribution < 1.29 is 27.9 Å². The molecule has 0 atom stereocenters. The van der Waals surface area contributed by atoms with Crippen LogP contribution in [0.4, 0.5) is 5.69 Å². The number of amides is 1. The van der Waals surface area contributed by atoms with E-state index in [-0.39, 0.29) is 28.4 Å². The Bertz CT molecular complexity index is 1950. The van der Waals surface area contributed by atoms with Crippen LogP contribution in [-0.2, 0) is 30.8 Å². The number of hydrogen-bond acceptors (Lipinski definition) is 7. The zero-order valence-electron chi connectivity index (χ0n) is 31.5. The lowest BCUT2D eigenvalue weighted by atomic mass is 9.87. The quantitative estimate of drug-likeness (QED) is 0.0607. The Labute approximate surface area is 319 Å². The highest BCUT2D eigenvalue weighted by atomic mass is 32.2. The first-order valence-corrected chi connectivity index (χ1v) is 20.7. The molecule has 4 aromatic carbocycles. The van der Waals surface area contributed by atoms with E-state index in [1.54, 1.807) is 42.5 Å². The van der Waals surface area contributed by atoms with Crippen molar-refractivity contribution in [1.82, 2.24) is 10.0 Å². The van der Waals surface area contributed by atoms with Crippen molar-refractivity contribution in [2.45, 2.75) is 76.4 Å². The summed E-state index contributed by atoms with van der Waals surface area (Å²) in [6, 6.07) is 26.3. The molecule has 4 aromatic rings. The first-order chi connectivity index (χ1) is 25.3. The molecule has 3 N–H and O–H groups in total.